The molecule has 0 aliphatic carbocycles. The lowest BCUT2D eigenvalue weighted by Gasteiger charge is -2.05. The van der Waals surface area contributed by atoms with E-state index in [0.29, 0.717) is 35.2 Å². The molecule has 2 aromatic rings. The van der Waals surface area contributed by atoms with Crippen molar-refractivity contribution < 1.29 is 14.7 Å². The van der Waals surface area contributed by atoms with Crippen molar-refractivity contribution in [1.82, 2.24) is 10.3 Å². The molecule has 0 saturated heterocycles. The van der Waals surface area contributed by atoms with Gasteiger partial charge in [0.25, 0.3) is 0 Å². The van der Waals surface area contributed by atoms with Gasteiger partial charge in [0.2, 0.25) is 5.78 Å². The zero-order chi connectivity index (χ0) is 17.5. The Kier molecular flexibility index (Phi) is 6.31. The molecule has 3 N–H and O–H groups in total. The first-order valence-electron chi connectivity index (χ1n) is 7.83. The smallest absolute Gasteiger partial charge is 0.404 e. The van der Waals surface area contributed by atoms with Crippen molar-refractivity contribution in [1.29, 1.82) is 0 Å². The van der Waals surface area contributed by atoms with Crippen LogP contribution in [-0.2, 0) is 6.42 Å². The molecular formula is C17H21N3O3S. The SMILES string of the molecule is CCc1ccccc1C(=O)c1sc(NCCCNC(=O)O)nc1C. The first kappa shape index (κ1) is 17.9. The highest BCUT2D eigenvalue weighted by atomic mass is 32.1. The first-order chi connectivity index (χ1) is 11.5. The molecule has 7 heteroatoms. The van der Waals surface area contributed by atoms with E-state index in [1.807, 2.05) is 38.1 Å². The van der Waals surface area contributed by atoms with Gasteiger partial charge >= 0.3 is 6.09 Å². The van der Waals surface area contributed by atoms with Gasteiger partial charge in [0.15, 0.2) is 5.13 Å². The summed E-state index contributed by atoms with van der Waals surface area (Å²) in [6, 6.07) is 7.63. The van der Waals surface area contributed by atoms with E-state index < -0.39 is 6.09 Å². The van der Waals surface area contributed by atoms with E-state index in [1.54, 1.807) is 0 Å². The zero-order valence-electron chi connectivity index (χ0n) is 13.8. The highest BCUT2D eigenvalue weighted by Gasteiger charge is 2.18. The first-order valence-corrected chi connectivity index (χ1v) is 8.65. The molecule has 128 valence electrons. The predicted molar refractivity (Wildman–Crippen MR) is 95.2 cm³/mol. The maximum Gasteiger partial charge on any atom is 0.404 e. The maximum atomic E-state index is 12.8. The van der Waals surface area contributed by atoms with Gasteiger partial charge in [-0.15, -0.1) is 0 Å². The molecule has 0 saturated carbocycles. The fourth-order valence-corrected chi connectivity index (χ4v) is 3.28. The van der Waals surface area contributed by atoms with E-state index in [1.165, 1.54) is 11.3 Å². The van der Waals surface area contributed by atoms with Gasteiger partial charge in [-0.05, 0) is 25.3 Å². The molecule has 2 rings (SSSR count). The van der Waals surface area contributed by atoms with Crippen LogP contribution in [0.1, 0.15) is 39.8 Å². The third-order valence-corrected chi connectivity index (χ3v) is 4.67. The van der Waals surface area contributed by atoms with Gasteiger partial charge in [-0.25, -0.2) is 9.78 Å². The van der Waals surface area contributed by atoms with E-state index in [2.05, 4.69) is 15.6 Å². The number of benzene rings is 1. The Bertz CT molecular complexity index is 728. The second kappa shape index (κ2) is 8.44. The molecule has 0 aliphatic rings. The minimum Gasteiger partial charge on any atom is -0.465 e. The molecule has 0 aliphatic heterocycles. The van der Waals surface area contributed by atoms with Crippen LogP contribution in [0.3, 0.4) is 0 Å². The quantitative estimate of drug-likeness (QED) is 0.503. The highest BCUT2D eigenvalue weighted by molar-refractivity contribution is 7.17. The van der Waals surface area contributed by atoms with Crippen molar-refractivity contribution in [2.24, 2.45) is 0 Å². The number of rotatable bonds is 8. The molecule has 6 nitrogen and oxygen atoms in total. The lowest BCUT2D eigenvalue weighted by Crippen LogP contribution is -2.23. The average molecular weight is 347 g/mol. The molecule has 0 fully saturated rings. The number of aryl methyl sites for hydroxylation is 2. The van der Waals surface area contributed by atoms with E-state index in [0.717, 1.165) is 17.5 Å². The van der Waals surface area contributed by atoms with Crippen LogP contribution in [0.15, 0.2) is 24.3 Å². The van der Waals surface area contributed by atoms with Crippen LogP contribution in [0.4, 0.5) is 9.93 Å². The Hall–Kier alpha value is -2.41. The molecular weight excluding hydrogens is 326 g/mol. The number of anilines is 1. The number of thiazole rings is 1. The van der Waals surface area contributed by atoms with Crippen molar-refractivity contribution in [2.45, 2.75) is 26.7 Å². The minimum absolute atomic E-state index is 0.00282. The van der Waals surface area contributed by atoms with Crippen LogP contribution < -0.4 is 10.6 Å². The largest absolute Gasteiger partial charge is 0.465 e. The second-order valence-corrected chi connectivity index (χ2v) is 6.28. The van der Waals surface area contributed by atoms with Gasteiger partial charge in [-0.2, -0.15) is 0 Å². The van der Waals surface area contributed by atoms with Crippen LogP contribution in [0.5, 0.6) is 0 Å². The van der Waals surface area contributed by atoms with Crippen molar-refractivity contribution >= 4 is 28.3 Å². The number of nitrogens with one attached hydrogen (secondary N) is 2. The normalized spacial score (nSPS) is 10.4. The summed E-state index contributed by atoms with van der Waals surface area (Å²) < 4.78 is 0. The Balaban J connectivity index is 2.03. The maximum absolute atomic E-state index is 12.8. The van der Waals surface area contributed by atoms with Gasteiger partial charge in [0.05, 0.1) is 10.6 Å². The van der Waals surface area contributed by atoms with Crippen molar-refractivity contribution in [3.63, 3.8) is 0 Å². The number of ketones is 1. The standard InChI is InChI=1S/C17H21N3O3S/c1-3-12-7-4-5-8-13(12)14(21)15-11(2)20-16(24-15)18-9-6-10-19-17(22)23/h4-5,7-8,19H,3,6,9-10H2,1-2H3,(H,18,20)(H,22,23). The lowest BCUT2D eigenvalue weighted by molar-refractivity contribution is 0.104. The summed E-state index contributed by atoms with van der Waals surface area (Å²) in [6.45, 7) is 4.83. The number of carbonyl (C=O) groups excluding carboxylic acids is 1. The number of amides is 1. The number of nitrogens with zero attached hydrogens (tertiary/aromatic N) is 1. The Morgan fingerprint density at radius 2 is 2.00 bits per heavy atom. The van der Waals surface area contributed by atoms with Gasteiger partial charge in [-0.3, -0.25) is 4.79 Å². The molecule has 1 aromatic carbocycles. The Labute approximate surface area is 144 Å². The van der Waals surface area contributed by atoms with Crippen LogP contribution in [0, 0.1) is 6.92 Å². The fourth-order valence-electron chi connectivity index (χ4n) is 2.33. The number of hydrogen-bond donors (Lipinski definition) is 3. The van der Waals surface area contributed by atoms with Crippen LogP contribution >= 0.6 is 11.3 Å². The molecule has 1 amide bonds. The summed E-state index contributed by atoms with van der Waals surface area (Å²) in [6.07, 6.45) is 0.427. The third-order valence-electron chi connectivity index (χ3n) is 3.55. The van der Waals surface area contributed by atoms with Crippen molar-refractivity contribution in [3.8, 4) is 0 Å². The zero-order valence-corrected chi connectivity index (χ0v) is 14.6. The summed E-state index contributed by atoms with van der Waals surface area (Å²) >= 11 is 1.34. The van der Waals surface area contributed by atoms with Gasteiger partial charge in [0.1, 0.15) is 0 Å². The van der Waals surface area contributed by atoms with E-state index >= 15 is 0 Å². The van der Waals surface area contributed by atoms with Crippen molar-refractivity contribution in [3.05, 3.63) is 46.0 Å². The van der Waals surface area contributed by atoms with Crippen molar-refractivity contribution in [2.75, 3.05) is 18.4 Å². The number of carboxylic acid groups (broad SMARTS) is 1. The number of aromatic nitrogens is 1. The lowest BCUT2D eigenvalue weighted by atomic mass is 10.0. The minimum atomic E-state index is -1.03. The van der Waals surface area contributed by atoms with Gasteiger partial charge in [0, 0.05) is 18.7 Å². The Morgan fingerprint density at radius 1 is 1.25 bits per heavy atom. The summed E-state index contributed by atoms with van der Waals surface area (Å²) in [4.78, 5) is 28.2. The summed E-state index contributed by atoms with van der Waals surface area (Å²) in [5, 5.41) is 14.6. The summed E-state index contributed by atoms with van der Waals surface area (Å²) in [5.74, 6) is 0.00282. The van der Waals surface area contributed by atoms with E-state index in [4.69, 9.17) is 5.11 Å². The van der Waals surface area contributed by atoms with Gasteiger partial charge < -0.3 is 15.7 Å². The number of carbonyl (C=O) groups is 2. The fraction of sp³-hybridized carbons (Fsp3) is 0.353. The molecule has 0 bridgehead atoms. The van der Waals surface area contributed by atoms with Crippen LogP contribution in [0.2, 0.25) is 0 Å². The highest BCUT2D eigenvalue weighted by Crippen LogP contribution is 2.26. The third kappa shape index (κ3) is 4.55. The topological polar surface area (TPSA) is 91.3 Å². The number of hydrogen-bond acceptors (Lipinski definition) is 5. The predicted octanol–water partition coefficient (Wildman–Crippen LogP) is 3.31. The summed E-state index contributed by atoms with van der Waals surface area (Å²) in [7, 11) is 0. The summed E-state index contributed by atoms with van der Waals surface area (Å²) in [5.41, 5.74) is 2.47. The van der Waals surface area contributed by atoms with Gasteiger partial charge in [-0.1, -0.05) is 42.5 Å². The molecule has 24 heavy (non-hydrogen) atoms. The molecule has 1 heterocycles. The van der Waals surface area contributed by atoms with E-state index in [-0.39, 0.29) is 5.78 Å². The Morgan fingerprint density at radius 3 is 2.71 bits per heavy atom. The van der Waals surface area contributed by atoms with E-state index in [9.17, 15) is 9.59 Å². The molecule has 0 radical (unpaired) electrons. The molecule has 0 unspecified atom stereocenters. The molecule has 0 spiro atoms. The van der Waals surface area contributed by atoms with Crippen LogP contribution in [-0.4, -0.2) is 35.1 Å². The average Bonchev–Trinajstić information content (AvgIpc) is 2.94. The molecule has 1 aromatic heterocycles. The molecule has 0 atom stereocenters. The second-order valence-electron chi connectivity index (χ2n) is 5.29. The van der Waals surface area contributed by atoms with Crippen LogP contribution in [0.25, 0.3) is 0 Å². The monoisotopic (exact) mass is 347 g/mol.